The summed E-state index contributed by atoms with van der Waals surface area (Å²) in [4.78, 5) is 35.2. The summed E-state index contributed by atoms with van der Waals surface area (Å²) in [5.74, 6) is 0.730. The maximum Gasteiger partial charge on any atom is 0.288 e. The Balaban J connectivity index is 1.74. The number of aromatic nitrogens is 2. The fourth-order valence-corrected chi connectivity index (χ4v) is 3.24. The van der Waals surface area contributed by atoms with Crippen LogP contribution in [0.4, 0.5) is 11.5 Å². The van der Waals surface area contributed by atoms with E-state index in [0.29, 0.717) is 24.8 Å². The van der Waals surface area contributed by atoms with E-state index in [2.05, 4.69) is 9.97 Å². The van der Waals surface area contributed by atoms with Crippen LogP contribution in [-0.2, 0) is 0 Å². The van der Waals surface area contributed by atoms with E-state index >= 15 is 0 Å². The van der Waals surface area contributed by atoms with Crippen LogP contribution in [0.25, 0.3) is 0 Å². The number of rotatable bonds is 5. The van der Waals surface area contributed by atoms with Gasteiger partial charge in [0.2, 0.25) is 0 Å². The number of likely N-dealkylation sites (tertiary alicyclic amines) is 1. The number of ether oxygens (including phenoxy) is 1. The first kappa shape index (κ1) is 19.8. The normalized spacial score (nSPS) is 16.5. The number of hydrogen-bond acceptors (Lipinski definition) is 7. The lowest BCUT2D eigenvalue weighted by Gasteiger charge is -2.33. The average Bonchev–Trinajstić information content (AvgIpc) is 2.68. The number of carbonyl (C=O) groups excluding carboxylic acids is 1. The van der Waals surface area contributed by atoms with E-state index in [-0.39, 0.29) is 28.3 Å². The molecule has 1 fully saturated rings. The van der Waals surface area contributed by atoms with Gasteiger partial charge in [0, 0.05) is 44.7 Å². The van der Waals surface area contributed by atoms with Gasteiger partial charge in [0.1, 0.15) is 11.1 Å². The average molecular weight is 406 g/mol. The van der Waals surface area contributed by atoms with Crippen LogP contribution in [0.3, 0.4) is 0 Å². The molecule has 1 amide bonds. The lowest BCUT2D eigenvalue weighted by atomic mass is 10.1. The van der Waals surface area contributed by atoms with Crippen molar-refractivity contribution in [2.45, 2.75) is 18.9 Å². The number of nitro groups is 1. The van der Waals surface area contributed by atoms with E-state index in [1.54, 1.807) is 22.2 Å². The molecule has 0 aliphatic carbocycles. The lowest BCUT2D eigenvalue weighted by Crippen LogP contribution is -2.44. The molecule has 0 bridgehead atoms. The van der Waals surface area contributed by atoms with Gasteiger partial charge in [-0.25, -0.2) is 9.97 Å². The number of anilines is 1. The Kier molecular flexibility index (Phi) is 5.93. The van der Waals surface area contributed by atoms with Crippen LogP contribution in [0.2, 0.25) is 5.02 Å². The molecule has 0 spiro atoms. The highest BCUT2D eigenvalue weighted by atomic mass is 35.5. The van der Waals surface area contributed by atoms with Gasteiger partial charge in [-0.1, -0.05) is 11.6 Å². The molecule has 1 atom stereocenters. The Morgan fingerprint density at radius 2 is 2.11 bits per heavy atom. The summed E-state index contributed by atoms with van der Waals surface area (Å²) in [7, 11) is 3.70. The van der Waals surface area contributed by atoms with Gasteiger partial charge in [0.15, 0.2) is 5.82 Å². The summed E-state index contributed by atoms with van der Waals surface area (Å²) in [6.45, 7) is 0.912. The Hall–Kier alpha value is -2.94. The van der Waals surface area contributed by atoms with Crippen LogP contribution in [0, 0.1) is 10.1 Å². The number of piperidine rings is 1. The Morgan fingerprint density at radius 1 is 1.36 bits per heavy atom. The van der Waals surface area contributed by atoms with Crippen LogP contribution >= 0.6 is 11.6 Å². The van der Waals surface area contributed by atoms with Crippen LogP contribution in [0.15, 0.2) is 30.6 Å². The second-order valence-corrected chi connectivity index (χ2v) is 7.04. The van der Waals surface area contributed by atoms with E-state index in [1.165, 1.54) is 18.2 Å². The molecule has 2 aromatic rings. The predicted octanol–water partition coefficient (Wildman–Crippen LogP) is 2.79. The van der Waals surface area contributed by atoms with Gasteiger partial charge >= 0.3 is 0 Å². The van der Waals surface area contributed by atoms with Crippen molar-refractivity contribution in [2.24, 2.45) is 0 Å². The molecule has 148 valence electrons. The minimum absolute atomic E-state index is 0.000251. The molecule has 28 heavy (non-hydrogen) atoms. The van der Waals surface area contributed by atoms with Crippen LogP contribution < -0.4 is 9.64 Å². The van der Waals surface area contributed by atoms with Crippen LogP contribution in [-0.4, -0.2) is 59.0 Å². The fraction of sp³-hybridized carbons (Fsp3) is 0.389. The third kappa shape index (κ3) is 4.30. The zero-order valence-electron chi connectivity index (χ0n) is 15.5. The Labute approximate surface area is 167 Å². The highest BCUT2D eigenvalue weighted by Gasteiger charge is 2.28. The number of carbonyl (C=O) groups is 1. The minimum atomic E-state index is -0.599. The summed E-state index contributed by atoms with van der Waals surface area (Å²) in [5, 5.41) is 11.1. The van der Waals surface area contributed by atoms with Crippen molar-refractivity contribution < 1.29 is 14.5 Å². The molecule has 1 aromatic carbocycles. The SMILES string of the molecule is CN(C)c1nccnc1OC1CCCN(C(=O)c2ccc(Cl)c([N+](=O)[O-])c2)C1. The molecule has 2 heterocycles. The zero-order valence-corrected chi connectivity index (χ0v) is 16.3. The van der Waals surface area contributed by atoms with Crippen molar-refractivity contribution in [1.82, 2.24) is 14.9 Å². The highest BCUT2D eigenvalue weighted by molar-refractivity contribution is 6.32. The molecule has 1 aliphatic rings. The van der Waals surface area contributed by atoms with Gasteiger partial charge in [-0.15, -0.1) is 0 Å². The first-order valence-corrected chi connectivity index (χ1v) is 9.13. The van der Waals surface area contributed by atoms with Crippen molar-refractivity contribution in [3.05, 3.63) is 51.3 Å². The van der Waals surface area contributed by atoms with Crippen LogP contribution in [0.1, 0.15) is 23.2 Å². The third-order valence-corrected chi connectivity index (χ3v) is 4.72. The highest BCUT2D eigenvalue weighted by Crippen LogP contribution is 2.27. The topological polar surface area (TPSA) is 102 Å². The van der Waals surface area contributed by atoms with Crippen molar-refractivity contribution in [3.8, 4) is 5.88 Å². The monoisotopic (exact) mass is 405 g/mol. The zero-order chi connectivity index (χ0) is 20.3. The molecular formula is C18H20ClN5O4. The van der Waals surface area contributed by atoms with Gasteiger partial charge in [-0.3, -0.25) is 14.9 Å². The lowest BCUT2D eigenvalue weighted by molar-refractivity contribution is -0.384. The smallest absolute Gasteiger partial charge is 0.288 e. The molecular weight excluding hydrogens is 386 g/mol. The standard InChI is InChI=1S/C18H20ClN5O4/c1-22(2)16-17(21-8-7-20-16)28-13-4-3-9-23(11-13)18(25)12-5-6-14(19)15(10-12)24(26)27/h5-8,10,13H,3-4,9,11H2,1-2H3. The Morgan fingerprint density at radius 3 is 2.82 bits per heavy atom. The maximum absolute atomic E-state index is 12.8. The molecule has 0 radical (unpaired) electrons. The fourth-order valence-electron chi connectivity index (χ4n) is 3.05. The first-order valence-electron chi connectivity index (χ1n) is 8.75. The number of nitrogens with zero attached hydrogens (tertiary/aromatic N) is 5. The largest absolute Gasteiger partial charge is 0.470 e. The summed E-state index contributed by atoms with van der Waals surface area (Å²) < 4.78 is 6.01. The number of amides is 1. The maximum atomic E-state index is 12.8. The molecule has 1 aliphatic heterocycles. The molecule has 9 nitrogen and oxygen atoms in total. The molecule has 1 saturated heterocycles. The van der Waals surface area contributed by atoms with Crippen molar-refractivity contribution in [2.75, 3.05) is 32.1 Å². The molecule has 10 heteroatoms. The third-order valence-electron chi connectivity index (χ3n) is 4.40. The molecule has 1 aromatic heterocycles. The molecule has 3 rings (SSSR count). The molecule has 0 saturated carbocycles. The van der Waals surface area contributed by atoms with Crippen molar-refractivity contribution in [3.63, 3.8) is 0 Å². The summed E-state index contributed by atoms with van der Waals surface area (Å²) in [6, 6.07) is 4.07. The van der Waals surface area contributed by atoms with E-state index in [1.807, 2.05) is 14.1 Å². The second kappa shape index (κ2) is 8.39. The van der Waals surface area contributed by atoms with E-state index in [0.717, 1.165) is 12.8 Å². The van der Waals surface area contributed by atoms with Crippen molar-refractivity contribution in [1.29, 1.82) is 0 Å². The quantitative estimate of drug-likeness (QED) is 0.556. The number of benzene rings is 1. The number of hydrogen-bond donors (Lipinski definition) is 0. The van der Waals surface area contributed by atoms with Gasteiger partial charge in [-0.05, 0) is 25.0 Å². The molecule has 0 N–H and O–H groups in total. The molecule has 1 unspecified atom stereocenters. The van der Waals surface area contributed by atoms with Gasteiger partial charge in [0.25, 0.3) is 17.5 Å². The van der Waals surface area contributed by atoms with Gasteiger partial charge in [-0.2, -0.15) is 0 Å². The Bertz CT molecular complexity index is 892. The van der Waals surface area contributed by atoms with Crippen molar-refractivity contribution >= 4 is 29.0 Å². The predicted molar refractivity (Wildman–Crippen MR) is 104 cm³/mol. The summed E-state index contributed by atoms with van der Waals surface area (Å²) in [6.07, 6.45) is 4.43. The second-order valence-electron chi connectivity index (χ2n) is 6.64. The van der Waals surface area contributed by atoms with E-state index in [9.17, 15) is 14.9 Å². The first-order chi connectivity index (χ1) is 13.4. The summed E-state index contributed by atoms with van der Waals surface area (Å²) in [5.41, 5.74) is -0.0576. The summed E-state index contributed by atoms with van der Waals surface area (Å²) >= 11 is 5.83. The van der Waals surface area contributed by atoms with Gasteiger partial charge < -0.3 is 14.5 Å². The van der Waals surface area contributed by atoms with E-state index in [4.69, 9.17) is 16.3 Å². The number of halogens is 1. The minimum Gasteiger partial charge on any atom is -0.470 e. The van der Waals surface area contributed by atoms with Crippen LogP contribution in [0.5, 0.6) is 5.88 Å². The number of nitro benzene ring substituents is 1. The van der Waals surface area contributed by atoms with E-state index < -0.39 is 4.92 Å². The van der Waals surface area contributed by atoms with Gasteiger partial charge in [0.05, 0.1) is 11.5 Å².